The fourth-order valence-corrected chi connectivity index (χ4v) is 4.92. The minimum absolute atomic E-state index is 0.341. The Bertz CT molecular complexity index is 251. The molecule has 2 nitrogen and oxygen atoms in total. The van der Waals surface area contributed by atoms with E-state index in [1.807, 2.05) is 0 Å². The molecule has 2 unspecified atom stereocenters. The van der Waals surface area contributed by atoms with Gasteiger partial charge < -0.3 is 5.73 Å². The molecule has 3 heteroatoms. The maximum absolute atomic E-state index is 6.26. The van der Waals surface area contributed by atoms with Gasteiger partial charge in [0.15, 0.2) is 0 Å². The molecule has 1 saturated heterocycles. The smallest absolute Gasteiger partial charge is 0.0332 e. The van der Waals surface area contributed by atoms with Gasteiger partial charge in [-0.15, -0.1) is 0 Å². The van der Waals surface area contributed by atoms with Crippen molar-refractivity contribution in [3.05, 3.63) is 0 Å². The minimum Gasteiger partial charge on any atom is -0.329 e. The number of rotatable bonds is 4. The number of nitrogens with two attached hydrogens (primary N) is 1. The first-order valence-electron chi connectivity index (χ1n) is 8.33. The molecule has 19 heavy (non-hydrogen) atoms. The van der Waals surface area contributed by atoms with Gasteiger partial charge in [0.2, 0.25) is 0 Å². The van der Waals surface area contributed by atoms with Crippen molar-refractivity contribution in [3.8, 4) is 0 Å². The summed E-state index contributed by atoms with van der Waals surface area (Å²) in [5, 5.41) is 0. The van der Waals surface area contributed by atoms with E-state index in [0.29, 0.717) is 5.54 Å². The lowest BCUT2D eigenvalue weighted by atomic mass is 9.87. The zero-order chi connectivity index (χ0) is 13.6. The molecule has 2 atom stereocenters. The fourth-order valence-electron chi connectivity index (χ4n) is 4.03. The van der Waals surface area contributed by atoms with Crippen molar-refractivity contribution >= 4 is 11.8 Å². The normalized spacial score (nSPS) is 34.7. The Morgan fingerprint density at radius 3 is 2.84 bits per heavy atom. The van der Waals surface area contributed by atoms with Crippen molar-refractivity contribution < 1.29 is 0 Å². The summed E-state index contributed by atoms with van der Waals surface area (Å²) in [5.41, 5.74) is 6.60. The van der Waals surface area contributed by atoms with Crippen molar-refractivity contribution in [3.63, 3.8) is 0 Å². The van der Waals surface area contributed by atoms with Crippen LogP contribution >= 0.6 is 11.8 Å². The van der Waals surface area contributed by atoms with Gasteiger partial charge in [0.1, 0.15) is 0 Å². The van der Waals surface area contributed by atoms with Crippen molar-refractivity contribution in [1.29, 1.82) is 0 Å². The van der Waals surface area contributed by atoms with Crippen LogP contribution in [0.1, 0.15) is 58.3 Å². The predicted octanol–water partition coefficient (Wildman–Crippen LogP) is 3.50. The van der Waals surface area contributed by atoms with Gasteiger partial charge in [0.25, 0.3) is 0 Å². The summed E-state index contributed by atoms with van der Waals surface area (Å²) in [4.78, 5) is 2.77. The Hall–Kier alpha value is 0.270. The molecule has 2 rings (SSSR count). The van der Waals surface area contributed by atoms with Gasteiger partial charge in [0, 0.05) is 24.4 Å². The highest BCUT2D eigenvalue weighted by atomic mass is 32.2. The van der Waals surface area contributed by atoms with Crippen LogP contribution in [0.5, 0.6) is 0 Å². The van der Waals surface area contributed by atoms with E-state index in [9.17, 15) is 0 Å². The van der Waals surface area contributed by atoms with E-state index in [1.165, 1.54) is 76.0 Å². The van der Waals surface area contributed by atoms with Gasteiger partial charge in [-0.05, 0) is 43.9 Å². The van der Waals surface area contributed by atoms with E-state index >= 15 is 0 Å². The summed E-state index contributed by atoms with van der Waals surface area (Å²) in [5.74, 6) is 3.62. The van der Waals surface area contributed by atoms with Crippen LogP contribution in [0.4, 0.5) is 0 Å². The minimum atomic E-state index is 0.341. The average molecular weight is 285 g/mol. The SMILES string of the molecule is CCCC1CCCC(CN)(N2CCCSCC2)CC1. The van der Waals surface area contributed by atoms with Crippen molar-refractivity contribution in [2.45, 2.75) is 63.8 Å². The van der Waals surface area contributed by atoms with Crippen molar-refractivity contribution in [1.82, 2.24) is 4.90 Å². The third kappa shape index (κ3) is 4.12. The third-order valence-electron chi connectivity index (χ3n) is 5.24. The van der Waals surface area contributed by atoms with Crippen LogP contribution < -0.4 is 5.73 Å². The molecule has 0 aromatic rings. The van der Waals surface area contributed by atoms with Gasteiger partial charge in [-0.3, -0.25) is 4.90 Å². The summed E-state index contributed by atoms with van der Waals surface area (Å²) < 4.78 is 0. The monoisotopic (exact) mass is 284 g/mol. The van der Waals surface area contributed by atoms with E-state index in [4.69, 9.17) is 5.73 Å². The van der Waals surface area contributed by atoms with Crippen LogP contribution in [0.3, 0.4) is 0 Å². The second-order valence-corrected chi connectivity index (χ2v) is 7.69. The summed E-state index contributed by atoms with van der Waals surface area (Å²) in [6, 6.07) is 0. The molecule has 1 aliphatic heterocycles. The van der Waals surface area contributed by atoms with E-state index in [0.717, 1.165) is 12.5 Å². The van der Waals surface area contributed by atoms with Gasteiger partial charge in [-0.25, -0.2) is 0 Å². The van der Waals surface area contributed by atoms with E-state index in [2.05, 4.69) is 23.6 Å². The molecule has 0 aromatic heterocycles. The molecule has 1 saturated carbocycles. The highest BCUT2D eigenvalue weighted by molar-refractivity contribution is 7.99. The lowest BCUT2D eigenvalue weighted by molar-refractivity contribution is 0.0852. The molecular formula is C16H32N2S. The molecule has 0 bridgehead atoms. The zero-order valence-electron chi connectivity index (χ0n) is 12.7. The fraction of sp³-hybridized carbons (Fsp3) is 1.00. The first kappa shape index (κ1) is 15.7. The topological polar surface area (TPSA) is 29.3 Å². The molecule has 0 spiro atoms. The standard InChI is InChI=1S/C16H32N2S/c1-2-5-15-6-3-8-16(14-17,9-7-15)18-10-4-12-19-13-11-18/h15H,2-14,17H2,1H3. The van der Waals surface area contributed by atoms with Crippen LogP contribution in [-0.2, 0) is 0 Å². The van der Waals surface area contributed by atoms with Crippen LogP contribution in [-0.4, -0.2) is 41.6 Å². The summed E-state index contributed by atoms with van der Waals surface area (Å²) >= 11 is 2.12. The third-order valence-corrected chi connectivity index (χ3v) is 6.29. The highest BCUT2D eigenvalue weighted by Gasteiger charge is 2.37. The molecule has 112 valence electrons. The molecule has 0 amide bonds. The lowest BCUT2D eigenvalue weighted by Crippen LogP contribution is -2.54. The number of hydrogen-bond acceptors (Lipinski definition) is 3. The molecule has 1 aliphatic carbocycles. The van der Waals surface area contributed by atoms with Crippen LogP contribution in [0.15, 0.2) is 0 Å². The summed E-state index contributed by atoms with van der Waals surface area (Å²) in [6.45, 7) is 5.74. The van der Waals surface area contributed by atoms with E-state index in [1.54, 1.807) is 0 Å². The second kappa shape index (κ2) is 7.90. The van der Waals surface area contributed by atoms with Crippen molar-refractivity contribution in [2.24, 2.45) is 11.7 Å². The molecule has 0 aromatic carbocycles. The predicted molar refractivity (Wildman–Crippen MR) is 86.8 cm³/mol. The second-order valence-electron chi connectivity index (χ2n) is 6.47. The average Bonchev–Trinajstić information content (AvgIpc) is 2.81. The van der Waals surface area contributed by atoms with Crippen molar-refractivity contribution in [2.75, 3.05) is 31.1 Å². The largest absolute Gasteiger partial charge is 0.329 e. The Kier molecular flexibility index (Phi) is 6.51. The molecule has 1 heterocycles. The molecule has 0 radical (unpaired) electrons. The molecule has 2 aliphatic rings. The molecule has 2 fully saturated rings. The number of thioether (sulfide) groups is 1. The van der Waals surface area contributed by atoms with Gasteiger partial charge in [0.05, 0.1) is 0 Å². The van der Waals surface area contributed by atoms with Crippen LogP contribution in [0.2, 0.25) is 0 Å². The first-order chi connectivity index (χ1) is 9.30. The Labute approximate surface area is 123 Å². The van der Waals surface area contributed by atoms with E-state index < -0.39 is 0 Å². The Morgan fingerprint density at radius 2 is 2.05 bits per heavy atom. The summed E-state index contributed by atoms with van der Waals surface area (Å²) in [7, 11) is 0. The number of nitrogens with zero attached hydrogens (tertiary/aromatic N) is 1. The lowest BCUT2D eigenvalue weighted by Gasteiger charge is -2.43. The quantitative estimate of drug-likeness (QED) is 0.801. The molecular weight excluding hydrogens is 252 g/mol. The highest BCUT2D eigenvalue weighted by Crippen LogP contribution is 2.36. The van der Waals surface area contributed by atoms with Crippen LogP contribution in [0, 0.1) is 5.92 Å². The Balaban J connectivity index is 2.00. The Morgan fingerprint density at radius 1 is 1.16 bits per heavy atom. The van der Waals surface area contributed by atoms with Crippen LogP contribution in [0.25, 0.3) is 0 Å². The van der Waals surface area contributed by atoms with E-state index in [-0.39, 0.29) is 0 Å². The zero-order valence-corrected chi connectivity index (χ0v) is 13.5. The number of hydrogen-bond donors (Lipinski definition) is 1. The van der Waals surface area contributed by atoms with Gasteiger partial charge >= 0.3 is 0 Å². The maximum Gasteiger partial charge on any atom is 0.0332 e. The summed E-state index contributed by atoms with van der Waals surface area (Å²) in [6.07, 6.45) is 11.1. The van der Waals surface area contributed by atoms with Gasteiger partial charge in [-0.2, -0.15) is 11.8 Å². The van der Waals surface area contributed by atoms with Gasteiger partial charge in [-0.1, -0.05) is 32.6 Å². The first-order valence-corrected chi connectivity index (χ1v) is 9.49. The molecule has 2 N–H and O–H groups in total. The maximum atomic E-state index is 6.26.